The number of halogens is 3. The van der Waals surface area contributed by atoms with E-state index in [0.29, 0.717) is 5.71 Å². The molecule has 0 aliphatic rings. The summed E-state index contributed by atoms with van der Waals surface area (Å²) in [6.07, 6.45) is -4.71. The fourth-order valence-corrected chi connectivity index (χ4v) is 1.08. The summed E-state index contributed by atoms with van der Waals surface area (Å²) in [5, 5.41) is 3.64. The van der Waals surface area contributed by atoms with Crippen LogP contribution in [0.1, 0.15) is 19.4 Å². The number of nitrogens with zero attached hydrogens (tertiary/aromatic N) is 1. The van der Waals surface area contributed by atoms with E-state index in [1.807, 2.05) is 0 Å². The lowest BCUT2D eigenvalue weighted by Crippen LogP contribution is -2.18. The third kappa shape index (κ3) is 5.24. The Morgan fingerprint density at radius 3 is 2.47 bits per heavy atom. The third-order valence-corrected chi connectivity index (χ3v) is 1.67. The van der Waals surface area contributed by atoms with Crippen LogP contribution in [-0.2, 0) is 11.4 Å². The number of para-hydroxylation sites is 1. The second-order valence-corrected chi connectivity index (χ2v) is 3.47. The molecule has 0 amide bonds. The minimum Gasteiger partial charge on any atom is -0.405 e. The number of benzene rings is 1. The predicted molar refractivity (Wildman–Crippen MR) is 56.7 cm³/mol. The van der Waals surface area contributed by atoms with Crippen LogP contribution in [-0.4, -0.2) is 12.1 Å². The summed E-state index contributed by atoms with van der Waals surface area (Å²) in [6.45, 7) is 3.37. The first-order chi connectivity index (χ1) is 7.88. The molecule has 0 aromatic heterocycles. The van der Waals surface area contributed by atoms with Crippen molar-refractivity contribution in [3.05, 3.63) is 29.8 Å². The normalized spacial score (nSPS) is 10.9. The fraction of sp³-hybridized carbons (Fsp3) is 0.364. The van der Waals surface area contributed by atoms with Crippen LogP contribution in [0.5, 0.6) is 5.75 Å². The zero-order valence-electron chi connectivity index (χ0n) is 9.41. The topological polar surface area (TPSA) is 30.8 Å². The van der Waals surface area contributed by atoms with E-state index in [4.69, 9.17) is 4.84 Å². The molecule has 0 atom stereocenters. The summed E-state index contributed by atoms with van der Waals surface area (Å²) in [7, 11) is 0. The second-order valence-electron chi connectivity index (χ2n) is 3.47. The van der Waals surface area contributed by atoms with Gasteiger partial charge in [0.15, 0.2) is 0 Å². The first-order valence-corrected chi connectivity index (χ1v) is 4.85. The molecule has 1 aromatic carbocycles. The standard InChI is InChI=1S/C11H12F3NO2/c1-8(2)15-16-7-9-5-3-4-6-10(9)17-11(12,13)14/h3-6H,7H2,1-2H3. The summed E-state index contributed by atoms with van der Waals surface area (Å²) >= 11 is 0. The van der Waals surface area contributed by atoms with Crippen LogP contribution in [0.3, 0.4) is 0 Å². The molecule has 0 radical (unpaired) electrons. The quantitative estimate of drug-likeness (QED) is 0.602. The minimum atomic E-state index is -4.71. The Hall–Kier alpha value is -1.72. The largest absolute Gasteiger partial charge is 0.573 e. The van der Waals surface area contributed by atoms with Gasteiger partial charge in [0.1, 0.15) is 12.4 Å². The van der Waals surface area contributed by atoms with Gasteiger partial charge in [0.25, 0.3) is 0 Å². The Balaban J connectivity index is 2.74. The first-order valence-electron chi connectivity index (χ1n) is 4.85. The van der Waals surface area contributed by atoms with Gasteiger partial charge in [0, 0.05) is 5.56 Å². The van der Waals surface area contributed by atoms with Gasteiger partial charge in [0.2, 0.25) is 0 Å². The van der Waals surface area contributed by atoms with Gasteiger partial charge in [-0.1, -0.05) is 23.4 Å². The summed E-state index contributed by atoms with van der Waals surface area (Å²) in [5.41, 5.74) is 0.967. The number of ether oxygens (including phenoxy) is 1. The lowest BCUT2D eigenvalue weighted by Gasteiger charge is -2.12. The minimum absolute atomic E-state index is 0.0720. The molecule has 3 nitrogen and oxygen atoms in total. The Kier molecular flexibility index (Phi) is 4.37. The molecule has 0 spiro atoms. The van der Waals surface area contributed by atoms with Crippen molar-refractivity contribution in [1.82, 2.24) is 0 Å². The zero-order valence-corrected chi connectivity index (χ0v) is 9.41. The van der Waals surface area contributed by atoms with Gasteiger partial charge in [-0.2, -0.15) is 0 Å². The van der Waals surface area contributed by atoms with Crippen molar-refractivity contribution >= 4 is 5.71 Å². The van der Waals surface area contributed by atoms with E-state index in [9.17, 15) is 13.2 Å². The zero-order chi connectivity index (χ0) is 12.9. The van der Waals surface area contributed by atoms with Gasteiger partial charge < -0.3 is 9.57 Å². The number of rotatable bonds is 4. The molecule has 0 N–H and O–H groups in total. The van der Waals surface area contributed by atoms with E-state index in [-0.39, 0.29) is 17.9 Å². The van der Waals surface area contributed by atoms with E-state index in [1.165, 1.54) is 18.2 Å². The van der Waals surface area contributed by atoms with Crippen molar-refractivity contribution in [2.24, 2.45) is 5.16 Å². The summed E-state index contributed by atoms with van der Waals surface area (Å²) < 4.78 is 40.1. The Morgan fingerprint density at radius 2 is 1.88 bits per heavy atom. The maximum Gasteiger partial charge on any atom is 0.573 e. The van der Waals surface area contributed by atoms with Crippen molar-refractivity contribution < 1.29 is 22.7 Å². The molecular formula is C11H12F3NO2. The van der Waals surface area contributed by atoms with Crippen LogP contribution < -0.4 is 4.74 Å². The lowest BCUT2D eigenvalue weighted by atomic mass is 10.2. The first kappa shape index (κ1) is 13.3. The number of oxime groups is 1. The van der Waals surface area contributed by atoms with Crippen molar-refractivity contribution in [2.45, 2.75) is 26.8 Å². The fourth-order valence-electron chi connectivity index (χ4n) is 1.08. The van der Waals surface area contributed by atoms with Crippen LogP contribution in [0.2, 0.25) is 0 Å². The highest BCUT2D eigenvalue weighted by Crippen LogP contribution is 2.26. The molecule has 17 heavy (non-hydrogen) atoms. The Bertz CT molecular complexity index is 398. The van der Waals surface area contributed by atoms with Gasteiger partial charge in [-0.05, 0) is 19.9 Å². The molecule has 0 fully saturated rings. The Morgan fingerprint density at radius 1 is 1.24 bits per heavy atom. The molecule has 0 aliphatic heterocycles. The average Bonchev–Trinajstić information content (AvgIpc) is 2.17. The number of alkyl halides is 3. The van der Waals surface area contributed by atoms with Crippen molar-refractivity contribution in [2.75, 3.05) is 0 Å². The molecule has 94 valence electrons. The van der Waals surface area contributed by atoms with Gasteiger partial charge in [-0.15, -0.1) is 13.2 Å². The summed E-state index contributed by atoms with van der Waals surface area (Å²) in [5.74, 6) is -0.274. The van der Waals surface area contributed by atoms with Crippen LogP contribution >= 0.6 is 0 Å². The highest BCUT2D eigenvalue weighted by molar-refractivity contribution is 5.78. The third-order valence-electron chi connectivity index (χ3n) is 1.67. The second kappa shape index (κ2) is 5.56. The number of hydrogen-bond acceptors (Lipinski definition) is 3. The van der Waals surface area contributed by atoms with Gasteiger partial charge in [0.05, 0.1) is 5.71 Å². The molecular weight excluding hydrogens is 235 g/mol. The van der Waals surface area contributed by atoms with E-state index < -0.39 is 6.36 Å². The van der Waals surface area contributed by atoms with Crippen molar-refractivity contribution in [3.8, 4) is 5.75 Å². The van der Waals surface area contributed by atoms with E-state index in [1.54, 1.807) is 19.9 Å². The van der Waals surface area contributed by atoms with E-state index >= 15 is 0 Å². The van der Waals surface area contributed by atoms with Crippen LogP contribution in [0.25, 0.3) is 0 Å². The van der Waals surface area contributed by atoms with Gasteiger partial charge in [-0.3, -0.25) is 0 Å². The lowest BCUT2D eigenvalue weighted by molar-refractivity contribution is -0.275. The van der Waals surface area contributed by atoms with Gasteiger partial charge in [-0.25, -0.2) is 0 Å². The average molecular weight is 247 g/mol. The van der Waals surface area contributed by atoms with E-state index in [0.717, 1.165) is 0 Å². The molecule has 1 aromatic rings. The molecule has 0 saturated heterocycles. The molecule has 0 heterocycles. The summed E-state index contributed by atoms with van der Waals surface area (Å²) in [4.78, 5) is 4.88. The highest BCUT2D eigenvalue weighted by atomic mass is 19.4. The predicted octanol–water partition coefficient (Wildman–Crippen LogP) is 3.50. The molecule has 0 unspecified atom stereocenters. The highest BCUT2D eigenvalue weighted by Gasteiger charge is 2.31. The smallest absolute Gasteiger partial charge is 0.405 e. The van der Waals surface area contributed by atoms with Crippen molar-refractivity contribution in [3.63, 3.8) is 0 Å². The SMILES string of the molecule is CC(C)=NOCc1ccccc1OC(F)(F)F. The van der Waals surface area contributed by atoms with Crippen LogP contribution in [0.15, 0.2) is 29.4 Å². The Labute approximate surface area is 96.8 Å². The molecule has 0 bridgehead atoms. The van der Waals surface area contributed by atoms with Gasteiger partial charge >= 0.3 is 6.36 Å². The molecule has 0 saturated carbocycles. The maximum absolute atomic E-state index is 12.1. The molecule has 0 aliphatic carbocycles. The molecule has 1 rings (SSSR count). The summed E-state index contributed by atoms with van der Waals surface area (Å²) in [6, 6.07) is 5.78. The number of hydrogen-bond donors (Lipinski definition) is 0. The van der Waals surface area contributed by atoms with Crippen LogP contribution in [0.4, 0.5) is 13.2 Å². The molecule has 6 heteroatoms. The van der Waals surface area contributed by atoms with E-state index in [2.05, 4.69) is 9.89 Å². The maximum atomic E-state index is 12.1. The van der Waals surface area contributed by atoms with Crippen molar-refractivity contribution in [1.29, 1.82) is 0 Å². The monoisotopic (exact) mass is 247 g/mol. The van der Waals surface area contributed by atoms with Crippen LogP contribution in [0, 0.1) is 0 Å².